The van der Waals surface area contributed by atoms with E-state index in [1.165, 1.54) is 10.6 Å². The van der Waals surface area contributed by atoms with Crippen molar-refractivity contribution in [3.63, 3.8) is 0 Å². The van der Waals surface area contributed by atoms with Crippen LogP contribution in [0, 0.1) is 0 Å². The molecule has 0 saturated heterocycles. The first-order valence-corrected chi connectivity index (χ1v) is 6.73. The predicted molar refractivity (Wildman–Crippen MR) is 60.0 cm³/mol. The van der Waals surface area contributed by atoms with Crippen LogP contribution in [0.5, 0.6) is 0 Å². The highest BCUT2D eigenvalue weighted by Crippen LogP contribution is 2.03. The summed E-state index contributed by atoms with van der Waals surface area (Å²) in [6.07, 6.45) is 5.39. The Hall–Kier alpha value is -0.940. The maximum Gasteiger partial charge on any atom is 0.211 e. The lowest BCUT2D eigenvalue weighted by Gasteiger charge is -2.17. The standard InChI is InChI=1S/C10H16N2O2S/c1-3-12(15(2,13)14)9-6-10-4-7-11-8-5-10/h4-5,7-8H,3,6,9H2,1-2H3. The van der Waals surface area contributed by atoms with E-state index in [-0.39, 0.29) is 0 Å². The zero-order chi connectivity index (χ0) is 11.3. The summed E-state index contributed by atoms with van der Waals surface area (Å²) in [5.74, 6) is 0. The van der Waals surface area contributed by atoms with Crippen molar-refractivity contribution in [3.8, 4) is 0 Å². The molecule has 84 valence electrons. The van der Waals surface area contributed by atoms with Crippen LogP contribution in [-0.2, 0) is 16.4 Å². The average molecular weight is 228 g/mol. The van der Waals surface area contributed by atoms with E-state index in [0.29, 0.717) is 13.1 Å². The lowest BCUT2D eigenvalue weighted by atomic mass is 10.2. The third-order valence-electron chi connectivity index (χ3n) is 2.22. The summed E-state index contributed by atoms with van der Waals surface area (Å²) in [7, 11) is -3.07. The summed E-state index contributed by atoms with van der Waals surface area (Å²) in [5, 5.41) is 0. The Kier molecular flexibility index (Phi) is 4.23. The van der Waals surface area contributed by atoms with Gasteiger partial charge in [0.1, 0.15) is 0 Å². The van der Waals surface area contributed by atoms with E-state index in [2.05, 4.69) is 4.98 Å². The molecule has 0 fully saturated rings. The van der Waals surface area contributed by atoms with Gasteiger partial charge in [-0.15, -0.1) is 0 Å². The van der Waals surface area contributed by atoms with Crippen LogP contribution in [0.25, 0.3) is 0 Å². The number of likely N-dealkylation sites (N-methyl/N-ethyl adjacent to an activating group) is 1. The molecule has 0 saturated carbocycles. The summed E-state index contributed by atoms with van der Waals surface area (Å²) in [5.41, 5.74) is 1.10. The van der Waals surface area contributed by atoms with Crippen LogP contribution in [-0.4, -0.2) is 37.1 Å². The Balaban J connectivity index is 2.56. The molecule has 0 unspecified atom stereocenters. The van der Waals surface area contributed by atoms with E-state index >= 15 is 0 Å². The number of aromatic nitrogens is 1. The maximum atomic E-state index is 11.3. The predicted octanol–water partition coefficient (Wildman–Crippen LogP) is 0.906. The van der Waals surface area contributed by atoms with Crippen LogP contribution >= 0.6 is 0 Å². The molecule has 1 aromatic heterocycles. The second-order valence-corrected chi connectivity index (χ2v) is 5.34. The first-order valence-electron chi connectivity index (χ1n) is 4.88. The SMILES string of the molecule is CCN(CCc1ccncc1)S(C)(=O)=O. The minimum absolute atomic E-state index is 0.518. The van der Waals surface area contributed by atoms with E-state index in [4.69, 9.17) is 0 Å². The largest absolute Gasteiger partial charge is 0.265 e. The monoisotopic (exact) mass is 228 g/mol. The summed E-state index contributed by atoms with van der Waals surface area (Å²) in [6, 6.07) is 3.80. The van der Waals surface area contributed by atoms with Gasteiger partial charge in [0.05, 0.1) is 6.26 Å². The molecule has 0 atom stereocenters. The third-order valence-corrected chi connectivity index (χ3v) is 3.60. The molecule has 1 heterocycles. The molecule has 0 aromatic carbocycles. The van der Waals surface area contributed by atoms with E-state index in [1.807, 2.05) is 19.1 Å². The Bertz CT molecular complexity index is 389. The van der Waals surface area contributed by atoms with Gasteiger partial charge in [0.2, 0.25) is 10.0 Å². The van der Waals surface area contributed by atoms with Crippen molar-refractivity contribution in [2.45, 2.75) is 13.3 Å². The maximum absolute atomic E-state index is 11.3. The number of hydrogen-bond acceptors (Lipinski definition) is 3. The van der Waals surface area contributed by atoms with Gasteiger partial charge in [-0.3, -0.25) is 4.98 Å². The lowest BCUT2D eigenvalue weighted by Crippen LogP contribution is -2.31. The second kappa shape index (κ2) is 5.23. The lowest BCUT2D eigenvalue weighted by molar-refractivity contribution is 0.435. The highest BCUT2D eigenvalue weighted by molar-refractivity contribution is 7.88. The van der Waals surface area contributed by atoms with E-state index in [1.54, 1.807) is 12.4 Å². The molecule has 0 radical (unpaired) electrons. The molecule has 0 amide bonds. The van der Waals surface area contributed by atoms with Crippen molar-refractivity contribution in [2.75, 3.05) is 19.3 Å². The number of hydrogen-bond donors (Lipinski definition) is 0. The molecule has 0 aliphatic carbocycles. The van der Waals surface area contributed by atoms with E-state index in [9.17, 15) is 8.42 Å². The van der Waals surface area contributed by atoms with Gasteiger partial charge in [-0.05, 0) is 24.1 Å². The highest BCUT2D eigenvalue weighted by atomic mass is 32.2. The summed E-state index contributed by atoms with van der Waals surface area (Å²) in [6.45, 7) is 2.89. The molecule has 0 aliphatic rings. The number of pyridine rings is 1. The van der Waals surface area contributed by atoms with Gasteiger partial charge < -0.3 is 0 Å². The number of nitrogens with zero attached hydrogens (tertiary/aromatic N) is 2. The summed E-state index contributed by atoms with van der Waals surface area (Å²) in [4.78, 5) is 3.91. The van der Waals surface area contributed by atoms with Crippen molar-refractivity contribution in [1.29, 1.82) is 0 Å². The van der Waals surface area contributed by atoms with Gasteiger partial charge in [-0.2, -0.15) is 0 Å². The first kappa shape index (κ1) is 12.1. The Labute approximate surface area is 91.0 Å². The van der Waals surface area contributed by atoms with Crippen LogP contribution in [0.15, 0.2) is 24.5 Å². The quantitative estimate of drug-likeness (QED) is 0.752. The van der Waals surface area contributed by atoms with E-state index in [0.717, 1.165) is 12.0 Å². The molecule has 5 heteroatoms. The Morgan fingerprint density at radius 2 is 1.93 bits per heavy atom. The topological polar surface area (TPSA) is 50.3 Å². The summed E-state index contributed by atoms with van der Waals surface area (Å²) >= 11 is 0. The zero-order valence-electron chi connectivity index (χ0n) is 9.05. The van der Waals surface area contributed by atoms with Crippen molar-refractivity contribution in [3.05, 3.63) is 30.1 Å². The second-order valence-electron chi connectivity index (χ2n) is 3.36. The van der Waals surface area contributed by atoms with Gasteiger partial charge >= 0.3 is 0 Å². The zero-order valence-corrected chi connectivity index (χ0v) is 9.87. The van der Waals surface area contributed by atoms with Crippen molar-refractivity contribution in [1.82, 2.24) is 9.29 Å². The van der Waals surface area contributed by atoms with Gasteiger partial charge in [-0.25, -0.2) is 12.7 Å². The molecule has 1 rings (SSSR count). The van der Waals surface area contributed by atoms with Gasteiger partial charge in [0, 0.05) is 25.5 Å². The van der Waals surface area contributed by atoms with Crippen molar-refractivity contribution in [2.24, 2.45) is 0 Å². The summed E-state index contributed by atoms with van der Waals surface area (Å²) < 4.78 is 24.1. The molecule has 4 nitrogen and oxygen atoms in total. The highest BCUT2D eigenvalue weighted by Gasteiger charge is 2.13. The first-order chi connectivity index (χ1) is 7.04. The van der Waals surface area contributed by atoms with E-state index < -0.39 is 10.0 Å². The third kappa shape index (κ3) is 3.97. The van der Waals surface area contributed by atoms with Crippen molar-refractivity contribution < 1.29 is 8.42 Å². The van der Waals surface area contributed by atoms with Crippen molar-refractivity contribution >= 4 is 10.0 Å². The van der Waals surface area contributed by atoms with Crippen LogP contribution in [0.2, 0.25) is 0 Å². The van der Waals surface area contributed by atoms with Crippen LogP contribution in [0.3, 0.4) is 0 Å². The smallest absolute Gasteiger partial charge is 0.211 e. The molecular weight excluding hydrogens is 212 g/mol. The Morgan fingerprint density at radius 1 is 1.33 bits per heavy atom. The molecule has 1 aromatic rings. The molecule has 0 aliphatic heterocycles. The van der Waals surface area contributed by atoms with Gasteiger partial charge in [0.25, 0.3) is 0 Å². The molecular formula is C10H16N2O2S. The Morgan fingerprint density at radius 3 is 2.40 bits per heavy atom. The fraction of sp³-hybridized carbons (Fsp3) is 0.500. The number of rotatable bonds is 5. The minimum atomic E-state index is -3.07. The molecule has 0 spiro atoms. The van der Waals surface area contributed by atoms with Gasteiger partial charge in [-0.1, -0.05) is 6.92 Å². The molecule has 0 N–H and O–H groups in total. The molecule has 0 bridgehead atoms. The fourth-order valence-electron chi connectivity index (χ4n) is 1.36. The van der Waals surface area contributed by atoms with Gasteiger partial charge in [0.15, 0.2) is 0 Å². The molecule has 15 heavy (non-hydrogen) atoms. The fourth-order valence-corrected chi connectivity index (χ4v) is 2.25. The van der Waals surface area contributed by atoms with Crippen LogP contribution < -0.4 is 0 Å². The number of sulfonamides is 1. The van der Waals surface area contributed by atoms with Crippen LogP contribution in [0.4, 0.5) is 0 Å². The normalized spacial score (nSPS) is 11.9. The van der Waals surface area contributed by atoms with Crippen LogP contribution in [0.1, 0.15) is 12.5 Å². The minimum Gasteiger partial charge on any atom is -0.265 e. The average Bonchev–Trinajstić information content (AvgIpc) is 2.18.